The zero-order valence-corrected chi connectivity index (χ0v) is 8.96. The van der Waals surface area contributed by atoms with Crippen molar-refractivity contribution in [2.24, 2.45) is 0 Å². The summed E-state index contributed by atoms with van der Waals surface area (Å²) in [6.45, 7) is 3.62. The Morgan fingerprint density at radius 1 is 1.44 bits per heavy atom. The number of nitrogens with one attached hydrogen (secondary N) is 1. The predicted octanol–water partition coefficient (Wildman–Crippen LogP) is 3.08. The third-order valence-electron chi connectivity index (χ3n) is 2.24. The molecule has 1 N–H and O–H groups in total. The monoisotopic (exact) mass is 230 g/mol. The molecule has 0 heterocycles. The number of benzene rings is 1. The minimum Gasteiger partial charge on any atom is -0.378 e. The Kier molecular flexibility index (Phi) is 3.76. The molecular weight excluding hydrogens is 218 g/mol. The average molecular weight is 230 g/mol. The molecule has 1 atom stereocenters. The third kappa shape index (κ3) is 2.65. The van der Waals surface area contributed by atoms with Crippen molar-refractivity contribution in [3.05, 3.63) is 33.9 Å². The maximum absolute atomic E-state index is 13.4. The fourth-order valence-electron chi connectivity index (χ4n) is 1.15. The summed E-state index contributed by atoms with van der Waals surface area (Å²) in [4.78, 5) is 9.51. The topological polar surface area (TPSA) is 55.2 Å². The standard InChI is InChI=1S/C10H12F2N2O2/c1-3-6(2)13-10-8(11)4-7(14(15)16)5-9(10)12/h4-6,13H,3H2,1-2H3. The van der Waals surface area contributed by atoms with Gasteiger partial charge >= 0.3 is 0 Å². The van der Waals surface area contributed by atoms with E-state index in [-0.39, 0.29) is 11.7 Å². The van der Waals surface area contributed by atoms with Crippen molar-refractivity contribution in [2.75, 3.05) is 5.32 Å². The first-order valence-corrected chi connectivity index (χ1v) is 4.85. The molecule has 0 aliphatic carbocycles. The van der Waals surface area contributed by atoms with Crippen LogP contribution in [0.15, 0.2) is 12.1 Å². The van der Waals surface area contributed by atoms with Gasteiger partial charge in [0.2, 0.25) is 0 Å². The largest absolute Gasteiger partial charge is 0.378 e. The number of nitro groups is 1. The maximum atomic E-state index is 13.4. The number of hydrogen-bond donors (Lipinski definition) is 1. The van der Waals surface area contributed by atoms with Gasteiger partial charge in [-0.1, -0.05) is 6.92 Å². The van der Waals surface area contributed by atoms with Gasteiger partial charge in [0, 0.05) is 6.04 Å². The lowest BCUT2D eigenvalue weighted by Gasteiger charge is -2.14. The highest BCUT2D eigenvalue weighted by Gasteiger charge is 2.17. The van der Waals surface area contributed by atoms with E-state index in [0.29, 0.717) is 18.6 Å². The first-order valence-electron chi connectivity index (χ1n) is 4.85. The molecule has 1 aromatic carbocycles. The minimum atomic E-state index is -0.952. The zero-order chi connectivity index (χ0) is 12.3. The van der Waals surface area contributed by atoms with Crippen LogP contribution < -0.4 is 5.32 Å². The lowest BCUT2D eigenvalue weighted by molar-refractivity contribution is -0.385. The molecule has 0 saturated carbocycles. The van der Waals surface area contributed by atoms with Gasteiger partial charge in [-0.25, -0.2) is 8.78 Å². The fourth-order valence-corrected chi connectivity index (χ4v) is 1.15. The molecule has 0 spiro atoms. The van der Waals surface area contributed by atoms with Gasteiger partial charge in [-0.2, -0.15) is 0 Å². The Bertz CT molecular complexity index is 387. The summed E-state index contributed by atoms with van der Waals surface area (Å²) >= 11 is 0. The van der Waals surface area contributed by atoms with Crippen LogP contribution in [0.4, 0.5) is 20.2 Å². The van der Waals surface area contributed by atoms with Crippen LogP contribution in [0.3, 0.4) is 0 Å². The molecule has 0 fully saturated rings. The number of anilines is 1. The van der Waals surface area contributed by atoms with Gasteiger partial charge in [0.1, 0.15) is 5.69 Å². The van der Waals surface area contributed by atoms with Crippen molar-refractivity contribution in [1.82, 2.24) is 0 Å². The summed E-state index contributed by atoms with van der Waals surface area (Å²) in [6.07, 6.45) is 0.690. The van der Waals surface area contributed by atoms with E-state index in [1.54, 1.807) is 6.92 Å². The van der Waals surface area contributed by atoms with Gasteiger partial charge in [0.15, 0.2) is 11.6 Å². The van der Waals surface area contributed by atoms with Crippen molar-refractivity contribution in [3.8, 4) is 0 Å². The van der Waals surface area contributed by atoms with Crippen LogP contribution in [0.1, 0.15) is 20.3 Å². The van der Waals surface area contributed by atoms with Crippen LogP contribution in [0.2, 0.25) is 0 Å². The molecule has 88 valence electrons. The van der Waals surface area contributed by atoms with E-state index in [9.17, 15) is 18.9 Å². The average Bonchev–Trinajstić information content (AvgIpc) is 2.22. The van der Waals surface area contributed by atoms with E-state index in [1.165, 1.54) is 0 Å². The van der Waals surface area contributed by atoms with Gasteiger partial charge in [-0.15, -0.1) is 0 Å². The summed E-state index contributed by atoms with van der Waals surface area (Å²) in [5.41, 5.74) is -0.912. The second kappa shape index (κ2) is 4.87. The van der Waals surface area contributed by atoms with Gasteiger partial charge in [0.05, 0.1) is 17.1 Å². The van der Waals surface area contributed by atoms with Crippen LogP contribution >= 0.6 is 0 Å². The lowest BCUT2D eigenvalue weighted by Crippen LogP contribution is -2.15. The first kappa shape index (κ1) is 12.4. The van der Waals surface area contributed by atoms with Crippen molar-refractivity contribution < 1.29 is 13.7 Å². The van der Waals surface area contributed by atoms with E-state index in [1.807, 2.05) is 6.92 Å². The molecule has 4 nitrogen and oxygen atoms in total. The van der Waals surface area contributed by atoms with E-state index in [2.05, 4.69) is 5.32 Å². The number of nitro benzene ring substituents is 1. The first-order chi connectivity index (χ1) is 7.45. The van der Waals surface area contributed by atoms with Crippen LogP contribution in [0.5, 0.6) is 0 Å². The molecule has 1 unspecified atom stereocenters. The van der Waals surface area contributed by atoms with Gasteiger partial charge < -0.3 is 5.32 Å². The summed E-state index contributed by atoms with van der Waals surface area (Å²) in [7, 11) is 0. The Morgan fingerprint density at radius 3 is 2.31 bits per heavy atom. The molecule has 16 heavy (non-hydrogen) atoms. The molecule has 6 heteroatoms. The molecule has 0 amide bonds. The van der Waals surface area contributed by atoms with Crippen LogP contribution in [0.25, 0.3) is 0 Å². The molecular formula is C10H12F2N2O2. The highest BCUT2D eigenvalue weighted by molar-refractivity contribution is 5.52. The smallest absolute Gasteiger partial charge is 0.275 e. The lowest BCUT2D eigenvalue weighted by atomic mass is 10.2. The highest BCUT2D eigenvalue weighted by Crippen LogP contribution is 2.25. The molecule has 0 radical (unpaired) electrons. The quantitative estimate of drug-likeness (QED) is 0.638. The zero-order valence-electron chi connectivity index (χ0n) is 8.96. The number of nitrogens with zero attached hydrogens (tertiary/aromatic N) is 1. The number of rotatable bonds is 4. The Balaban J connectivity index is 3.07. The Labute approximate surface area is 91.4 Å². The van der Waals surface area contributed by atoms with Crippen LogP contribution in [-0.4, -0.2) is 11.0 Å². The Morgan fingerprint density at radius 2 is 1.94 bits per heavy atom. The van der Waals surface area contributed by atoms with E-state index in [4.69, 9.17) is 0 Å². The SMILES string of the molecule is CCC(C)Nc1c(F)cc([N+](=O)[O-])cc1F. The molecule has 1 aromatic rings. The summed E-state index contributed by atoms with van der Waals surface area (Å²) < 4.78 is 26.7. The maximum Gasteiger partial charge on any atom is 0.275 e. The van der Waals surface area contributed by atoms with E-state index in [0.717, 1.165) is 0 Å². The normalized spacial score (nSPS) is 12.2. The number of non-ortho nitro benzene ring substituents is 1. The number of hydrogen-bond acceptors (Lipinski definition) is 3. The van der Waals surface area contributed by atoms with Crippen LogP contribution in [0, 0.1) is 21.7 Å². The van der Waals surface area contributed by atoms with Gasteiger partial charge in [-0.05, 0) is 13.3 Å². The van der Waals surface area contributed by atoms with Crippen molar-refractivity contribution in [2.45, 2.75) is 26.3 Å². The van der Waals surface area contributed by atoms with Crippen molar-refractivity contribution >= 4 is 11.4 Å². The Hall–Kier alpha value is -1.72. The highest BCUT2D eigenvalue weighted by atomic mass is 19.1. The van der Waals surface area contributed by atoms with Crippen molar-refractivity contribution in [3.63, 3.8) is 0 Å². The minimum absolute atomic E-state index is 0.106. The molecule has 0 saturated heterocycles. The van der Waals surface area contributed by atoms with E-state index < -0.39 is 22.2 Å². The molecule has 0 aliphatic heterocycles. The third-order valence-corrected chi connectivity index (χ3v) is 2.24. The fraction of sp³-hybridized carbons (Fsp3) is 0.400. The molecule has 0 aromatic heterocycles. The summed E-state index contributed by atoms with van der Waals surface area (Å²) in [6, 6.07) is 1.30. The molecule has 0 aliphatic rings. The summed E-state index contributed by atoms with van der Waals surface area (Å²) in [5.74, 6) is -1.90. The van der Waals surface area contributed by atoms with Crippen molar-refractivity contribution in [1.29, 1.82) is 0 Å². The predicted molar refractivity (Wildman–Crippen MR) is 56.4 cm³/mol. The second-order valence-electron chi connectivity index (χ2n) is 3.50. The van der Waals surface area contributed by atoms with Crippen LogP contribution in [-0.2, 0) is 0 Å². The van der Waals surface area contributed by atoms with Gasteiger partial charge in [-0.3, -0.25) is 10.1 Å². The van der Waals surface area contributed by atoms with Gasteiger partial charge in [0.25, 0.3) is 5.69 Å². The van der Waals surface area contributed by atoms with E-state index >= 15 is 0 Å². The molecule has 1 rings (SSSR count). The number of halogens is 2. The summed E-state index contributed by atoms with van der Waals surface area (Å²) in [5, 5.41) is 13.0. The second-order valence-corrected chi connectivity index (χ2v) is 3.50. The molecule has 0 bridgehead atoms.